The van der Waals surface area contributed by atoms with Crippen molar-refractivity contribution in [2.45, 2.75) is 5.38 Å². The number of fused-ring (bicyclic) bond motifs is 2. The van der Waals surface area contributed by atoms with Crippen LogP contribution < -0.4 is 4.74 Å². The van der Waals surface area contributed by atoms with Crippen molar-refractivity contribution in [1.82, 2.24) is 0 Å². The van der Waals surface area contributed by atoms with Gasteiger partial charge in [-0.1, -0.05) is 42.5 Å². The summed E-state index contributed by atoms with van der Waals surface area (Å²) in [6.45, 7) is 0. The van der Waals surface area contributed by atoms with Crippen molar-refractivity contribution in [3.8, 4) is 5.75 Å². The van der Waals surface area contributed by atoms with Crippen LogP contribution in [0, 0.1) is 0 Å². The van der Waals surface area contributed by atoms with Crippen LogP contribution in [0.25, 0.3) is 12.2 Å². The van der Waals surface area contributed by atoms with E-state index in [1.54, 1.807) is 7.11 Å². The molecule has 2 heteroatoms. The minimum absolute atomic E-state index is 0.138. The zero-order valence-electron chi connectivity index (χ0n) is 10.1. The van der Waals surface area contributed by atoms with Gasteiger partial charge in [0.25, 0.3) is 0 Å². The molecule has 0 bridgehead atoms. The Morgan fingerprint density at radius 1 is 0.944 bits per heavy atom. The van der Waals surface area contributed by atoms with Crippen molar-refractivity contribution in [2.24, 2.45) is 0 Å². The number of rotatable bonds is 1. The largest absolute Gasteiger partial charge is 0.497 e. The highest BCUT2D eigenvalue weighted by Crippen LogP contribution is 2.38. The van der Waals surface area contributed by atoms with Gasteiger partial charge in [0.05, 0.1) is 12.5 Å². The molecule has 1 aliphatic carbocycles. The molecule has 0 spiro atoms. The van der Waals surface area contributed by atoms with E-state index in [9.17, 15) is 0 Å². The Morgan fingerprint density at radius 3 is 2.44 bits per heavy atom. The zero-order valence-corrected chi connectivity index (χ0v) is 10.8. The van der Waals surface area contributed by atoms with Gasteiger partial charge in [-0.15, -0.1) is 11.6 Å². The second kappa shape index (κ2) is 4.51. The second-order valence-corrected chi connectivity index (χ2v) is 4.76. The first-order valence-electron chi connectivity index (χ1n) is 5.88. The lowest BCUT2D eigenvalue weighted by atomic mass is 9.99. The Balaban J connectivity index is 2.20. The molecule has 1 atom stereocenters. The van der Waals surface area contributed by atoms with Crippen LogP contribution in [0.3, 0.4) is 0 Å². The average molecular weight is 257 g/mol. The van der Waals surface area contributed by atoms with E-state index in [0.29, 0.717) is 0 Å². The molecule has 0 heterocycles. The molecule has 0 fully saturated rings. The van der Waals surface area contributed by atoms with Gasteiger partial charge < -0.3 is 4.74 Å². The molecule has 0 aliphatic heterocycles. The van der Waals surface area contributed by atoms with E-state index in [-0.39, 0.29) is 5.38 Å². The van der Waals surface area contributed by atoms with Crippen molar-refractivity contribution < 1.29 is 4.74 Å². The lowest BCUT2D eigenvalue weighted by Gasteiger charge is -2.14. The summed E-state index contributed by atoms with van der Waals surface area (Å²) < 4.78 is 5.27. The Labute approximate surface area is 112 Å². The van der Waals surface area contributed by atoms with Gasteiger partial charge in [-0.3, -0.25) is 0 Å². The lowest BCUT2D eigenvalue weighted by molar-refractivity contribution is 0.414. The van der Waals surface area contributed by atoms with Crippen LogP contribution >= 0.6 is 11.6 Å². The Morgan fingerprint density at radius 2 is 1.67 bits per heavy atom. The molecule has 0 radical (unpaired) electrons. The Bertz CT molecular complexity index is 616. The minimum atomic E-state index is -0.138. The Kier molecular flexibility index (Phi) is 2.85. The molecule has 2 aromatic rings. The summed E-state index contributed by atoms with van der Waals surface area (Å²) in [4.78, 5) is 0. The molecule has 0 N–H and O–H groups in total. The van der Waals surface area contributed by atoms with E-state index in [1.165, 1.54) is 5.56 Å². The summed E-state index contributed by atoms with van der Waals surface area (Å²) in [5, 5.41) is -0.138. The van der Waals surface area contributed by atoms with Gasteiger partial charge >= 0.3 is 0 Å². The first-order valence-corrected chi connectivity index (χ1v) is 6.32. The van der Waals surface area contributed by atoms with Crippen LogP contribution in [0.15, 0.2) is 42.5 Å². The van der Waals surface area contributed by atoms with Gasteiger partial charge in [0.2, 0.25) is 0 Å². The van der Waals surface area contributed by atoms with E-state index in [0.717, 1.165) is 22.4 Å². The molecule has 90 valence electrons. The van der Waals surface area contributed by atoms with E-state index in [2.05, 4.69) is 24.3 Å². The van der Waals surface area contributed by atoms with Crippen LogP contribution in [0.5, 0.6) is 5.75 Å². The fraction of sp³-hybridized carbons (Fsp3) is 0.125. The first-order chi connectivity index (χ1) is 8.79. The fourth-order valence-corrected chi connectivity index (χ4v) is 2.68. The summed E-state index contributed by atoms with van der Waals surface area (Å²) in [5.74, 6) is 0.840. The smallest absolute Gasteiger partial charge is 0.119 e. The van der Waals surface area contributed by atoms with Crippen LogP contribution in [-0.2, 0) is 0 Å². The molecule has 1 aliphatic rings. The number of ether oxygens (including phenoxy) is 1. The van der Waals surface area contributed by atoms with Crippen molar-refractivity contribution in [1.29, 1.82) is 0 Å². The average Bonchev–Trinajstić information content (AvgIpc) is 2.57. The third kappa shape index (κ3) is 1.81. The van der Waals surface area contributed by atoms with E-state index >= 15 is 0 Å². The summed E-state index contributed by atoms with van der Waals surface area (Å²) >= 11 is 6.62. The van der Waals surface area contributed by atoms with Gasteiger partial charge in [0.1, 0.15) is 5.75 Å². The minimum Gasteiger partial charge on any atom is -0.497 e. The SMILES string of the molecule is COc1ccc2c(c1)C(Cl)c1ccccc1C=C2. The molecular weight excluding hydrogens is 244 g/mol. The predicted octanol–water partition coefficient (Wildman–Crippen LogP) is 4.51. The number of methoxy groups -OCH3 is 1. The number of halogens is 1. The van der Waals surface area contributed by atoms with Gasteiger partial charge in [-0.05, 0) is 34.4 Å². The molecule has 1 nitrogen and oxygen atoms in total. The molecule has 1 unspecified atom stereocenters. The van der Waals surface area contributed by atoms with Gasteiger partial charge in [0, 0.05) is 0 Å². The molecule has 0 aromatic heterocycles. The highest BCUT2D eigenvalue weighted by Gasteiger charge is 2.19. The number of alkyl halides is 1. The van der Waals surface area contributed by atoms with Crippen molar-refractivity contribution in [3.63, 3.8) is 0 Å². The lowest BCUT2D eigenvalue weighted by Crippen LogP contribution is -1.97. The van der Waals surface area contributed by atoms with Crippen molar-refractivity contribution in [3.05, 3.63) is 64.7 Å². The third-order valence-electron chi connectivity index (χ3n) is 3.28. The van der Waals surface area contributed by atoms with Gasteiger partial charge in [-0.25, -0.2) is 0 Å². The maximum Gasteiger partial charge on any atom is 0.119 e. The normalized spacial score (nSPS) is 16.7. The topological polar surface area (TPSA) is 9.23 Å². The predicted molar refractivity (Wildman–Crippen MR) is 76.1 cm³/mol. The standard InChI is InChI=1S/C16H13ClO/c1-18-13-9-8-12-7-6-11-4-2-3-5-14(11)16(17)15(12)10-13/h2-10,16H,1H3. The molecule has 0 amide bonds. The summed E-state index contributed by atoms with van der Waals surface area (Å²) in [6, 6.07) is 14.2. The number of hydrogen-bond donors (Lipinski definition) is 0. The second-order valence-electron chi connectivity index (χ2n) is 4.32. The zero-order chi connectivity index (χ0) is 12.5. The first kappa shape index (κ1) is 11.4. The van der Waals surface area contributed by atoms with E-state index in [4.69, 9.17) is 16.3 Å². The molecule has 2 aromatic carbocycles. The van der Waals surface area contributed by atoms with Gasteiger partial charge in [-0.2, -0.15) is 0 Å². The number of hydrogen-bond acceptors (Lipinski definition) is 1. The van der Waals surface area contributed by atoms with Crippen LogP contribution in [0.1, 0.15) is 27.6 Å². The van der Waals surface area contributed by atoms with Crippen molar-refractivity contribution in [2.75, 3.05) is 7.11 Å². The molecular formula is C16H13ClO. The van der Waals surface area contributed by atoms with E-state index < -0.39 is 0 Å². The fourth-order valence-electron chi connectivity index (χ4n) is 2.29. The molecule has 0 saturated carbocycles. The van der Waals surface area contributed by atoms with Gasteiger partial charge in [0.15, 0.2) is 0 Å². The molecule has 18 heavy (non-hydrogen) atoms. The Hall–Kier alpha value is -1.73. The monoisotopic (exact) mass is 256 g/mol. The third-order valence-corrected chi connectivity index (χ3v) is 3.75. The van der Waals surface area contributed by atoms with Crippen molar-refractivity contribution >= 4 is 23.8 Å². The molecule has 3 rings (SSSR count). The quantitative estimate of drug-likeness (QED) is 0.683. The van der Waals surface area contributed by atoms with Crippen LogP contribution in [-0.4, -0.2) is 7.11 Å². The summed E-state index contributed by atoms with van der Waals surface area (Å²) in [7, 11) is 1.67. The molecule has 0 saturated heterocycles. The maximum atomic E-state index is 6.62. The van der Waals surface area contributed by atoms with E-state index in [1.807, 2.05) is 30.3 Å². The van der Waals surface area contributed by atoms with Crippen LogP contribution in [0.4, 0.5) is 0 Å². The summed E-state index contributed by atoms with van der Waals surface area (Å²) in [6.07, 6.45) is 4.22. The maximum absolute atomic E-state index is 6.62. The highest BCUT2D eigenvalue weighted by atomic mass is 35.5. The van der Waals surface area contributed by atoms with Crippen LogP contribution in [0.2, 0.25) is 0 Å². The highest BCUT2D eigenvalue weighted by molar-refractivity contribution is 6.23. The summed E-state index contributed by atoms with van der Waals surface area (Å²) in [5.41, 5.74) is 4.55. The number of benzene rings is 2.